The zero-order valence-electron chi connectivity index (χ0n) is 15.7. The van der Waals surface area contributed by atoms with Gasteiger partial charge in [0.2, 0.25) is 5.91 Å². The van der Waals surface area contributed by atoms with Crippen molar-refractivity contribution >= 4 is 5.91 Å². The van der Waals surface area contributed by atoms with Gasteiger partial charge in [0, 0.05) is 0 Å². The number of likely N-dealkylation sites (tertiary alicyclic amines) is 1. The van der Waals surface area contributed by atoms with Crippen molar-refractivity contribution in [3.05, 3.63) is 29.8 Å². The van der Waals surface area contributed by atoms with Gasteiger partial charge in [-0.3, -0.25) is 9.69 Å². The summed E-state index contributed by atoms with van der Waals surface area (Å²) in [7, 11) is 0. The third kappa shape index (κ3) is 6.67. The van der Waals surface area contributed by atoms with Crippen molar-refractivity contribution in [3.8, 4) is 5.75 Å². The fourth-order valence-electron chi connectivity index (χ4n) is 3.16. The van der Waals surface area contributed by atoms with Gasteiger partial charge in [-0.25, -0.2) is 0 Å². The average Bonchev–Trinajstić information content (AvgIpc) is 2.59. The van der Waals surface area contributed by atoms with Crippen LogP contribution in [0.2, 0.25) is 0 Å². The van der Waals surface area contributed by atoms with Crippen LogP contribution in [0.15, 0.2) is 24.3 Å². The van der Waals surface area contributed by atoms with Crippen LogP contribution in [-0.4, -0.2) is 54.8 Å². The molecule has 0 bridgehead atoms. The van der Waals surface area contributed by atoms with Crippen molar-refractivity contribution < 1.29 is 14.6 Å². The minimum Gasteiger partial charge on any atom is -0.492 e. The third-order valence-electron chi connectivity index (χ3n) is 4.92. The summed E-state index contributed by atoms with van der Waals surface area (Å²) in [5, 5.41) is 12.5. The van der Waals surface area contributed by atoms with Crippen LogP contribution in [0.3, 0.4) is 0 Å². The number of carbonyl (C=O) groups is 1. The molecule has 0 radical (unpaired) electrons. The highest BCUT2D eigenvalue weighted by molar-refractivity contribution is 5.78. The Labute approximate surface area is 151 Å². The second-order valence-electron chi connectivity index (χ2n) is 7.28. The molecular weight excluding hydrogens is 316 g/mol. The van der Waals surface area contributed by atoms with E-state index in [0.29, 0.717) is 31.5 Å². The fourth-order valence-corrected chi connectivity index (χ4v) is 3.16. The number of aliphatic hydroxyl groups excluding tert-OH is 1. The number of piperidine rings is 1. The predicted octanol–water partition coefficient (Wildman–Crippen LogP) is 2.40. The molecule has 25 heavy (non-hydrogen) atoms. The lowest BCUT2D eigenvalue weighted by Gasteiger charge is -2.32. The first-order valence-electron chi connectivity index (χ1n) is 9.35. The number of amides is 1. The van der Waals surface area contributed by atoms with Gasteiger partial charge < -0.3 is 15.2 Å². The maximum atomic E-state index is 12.0. The van der Waals surface area contributed by atoms with Gasteiger partial charge in [-0.2, -0.15) is 0 Å². The largest absolute Gasteiger partial charge is 0.492 e. The summed E-state index contributed by atoms with van der Waals surface area (Å²) in [6.45, 7) is 9.34. The second-order valence-corrected chi connectivity index (χ2v) is 7.28. The van der Waals surface area contributed by atoms with Crippen molar-refractivity contribution in [1.82, 2.24) is 10.2 Å². The maximum absolute atomic E-state index is 12.0. The predicted molar refractivity (Wildman–Crippen MR) is 99.9 cm³/mol. The molecule has 0 aliphatic carbocycles. The molecule has 1 aliphatic heterocycles. The van der Waals surface area contributed by atoms with E-state index in [4.69, 9.17) is 4.74 Å². The number of carbonyl (C=O) groups excluding carboxylic acids is 1. The summed E-state index contributed by atoms with van der Waals surface area (Å²) in [4.78, 5) is 14.2. The molecule has 1 unspecified atom stereocenters. The Morgan fingerprint density at radius 1 is 1.24 bits per heavy atom. The molecule has 0 spiro atoms. The molecule has 1 saturated heterocycles. The smallest absolute Gasteiger partial charge is 0.234 e. The third-order valence-corrected chi connectivity index (χ3v) is 4.92. The van der Waals surface area contributed by atoms with E-state index in [1.165, 1.54) is 5.56 Å². The molecule has 1 heterocycles. The molecule has 1 aromatic rings. The first kappa shape index (κ1) is 19.7. The molecule has 5 nitrogen and oxygen atoms in total. The van der Waals surface area contributed by atoms with Crippen LogP contribution < -0.4 is 10.1 Å². The molecule has 1 atom stereocenters. The summed E-state index contributed by atoms with van der Waals surface area (Å²) in [5.74, 6) is 1.75. The molecule has 1 fully saturated rings. The van der Waals surface area contributed by atoms with Gasteiger partial charge in [0.05, 0.1) is 19.2 Å². The van der Waals surface area contributed by atoms with Gasteiger partial charge in [-0.05, 0) is 62.4 Å². The number of benzene rings is 1. The number of hydrogen-bond acceptors (Lipinski definition) is 4. The molecule has 1 aliphatic rings. The Kier molecular flexibility index (Phi) is 7.72. The van der Waals surface area contributed by atoms with E-state index in [-0.39, 0.29) is 12.0 Å². The molecule has 140 valence electrons. The summed E-state index contributed by atoms with van der Waals surface area (Å²) in [5.41, 5.74) is 1.29. The zero-order chi connectivity index (χ0) is 18.2. The van der Waals surface area contributed by atoms with Crippen LogP contribution in [0.5, 0.6) is 5.75 Å². The van der Waals surface area contributed by atoms with Gasteiger partial charge in [-0.15, -0.1) is 0 Å². The average molecular weight is 348 g/mol. The molecule has 0 saturated carbocycles. The molecule has 2 N–H and O–H groups in total. The van der Waals surface area contributed by atoms with Gasteiger partial charge in [0.15, 0.2) is 0 Å². The molecule has 1 amide bonds. The highest BCUT2D eigenvalue weighted by atomic mass is 16.5. The van der Waals surface area contributed by atoms with Crippen LogP contribution in [0.25, 0.3) is 0 Å². The number of nitrogens with zero attached hydrogens (tertiary/aromatic N) is 1. The number of rotatable bonds is 8. The van der Waals surface area contributed by atoms with E-state index >= 15 is 0 Å². The molecule has 1 aromatic carbocycles. The van der Waals surface area contributed by atoms with E-state index in [1.54, 1.807) is 0 Å². The van der Waals surface area contributed by atoms with Gasteiger partial charge in [0.1, 0.15) is 12.4 Å². The van der Waals surface area contributed by atoms with E-state index < -0.39 is 0 Å². The Hall–Kier alpha value is -1.59. The van der Waals surface area contributed by atoms with Crippen LogP contribution in [0, 0.1) is 5.92 Å². The van der Waals surface area contributed by atoms with Crippen molar-refractivity contribution in [3.63, 3.8) is 0 Å². The highest BCUT2D eigenvalue weighted by Crippen LogP contribution is 2.20. The van der Waals surface area contributed by atoms with Crippen LogP contribution in [-0.2, 0) is 4.79 Å². The topological polar surface area (TPSA) is 61.8 Å². The lowest BCUT2D eigenvalue weighted by Crippen LogP contribution is -2.43. The van der Waals surface area contributed by atoms with Crippen molar-refractivity contribution in [2.24, 2.45) is 5.92 Å². The van der Waals surface area contributed by atoms with Gasteiger partial charge in [0.25, 0.3) is 0 Å². The van der Waals surface area contributed by atoms with E-state index in [9.17, 15) is 9.90 Å². The number of hydrogen-bond donors (Lipinski definition) is 2. The lowest BCUT2D eigenvalue weighted by molar-refractivity contribution is -0.122. The van der Waals surface area contributed by atoms with Crippen LogP contribution in [0.1, 0.15) is 45.1 Å². The van der Waals surface area contributed by atoms with Crippen molar-refractivity contribution in [1.29, 1.82) is 0 Å². The Morgan fingerprint density at radius 2 is 1.88 bits per heavy atom. The minimum absolute atomic E-state index is 0.0363. The van der Waals surface area contributed by atoms with E-state index in [2.05, 4.69) is 36.2 Å². The summed E-state index contributed by atoms with van der Waals surface area (Å²) < 4.78 is 5.67. The standard InChI is InChI=1S/C20H32N2O3/c1-15(2)17-4-6-19(7-5-17)25-13-10-21-20(24)14-22-11-8-18(9-12-22)16(3)23/h4-7,15-16,18,23H,8-14H2,1-3H3,(H,21,24). The lowest BCUT2D eigenvalue weighted by atomic mass is 9.92. The zero-order valence-corrected chi connectivity index (χ0v) is 15.7. The van der Waals surface area contributed by atoms with Crippen LogP contribution >= 0.6 is 0 Å². The summed E-state index contributed by atoms with van der Waals surface area (Å²) in [6, 6.07) is 8.11. The first-order valence-corrected chi connectivity index (χ1v) is 9.35. The van der Waals surface area contributed by atoms with Gasteiger partial charge >= 0.3 is 0 Å². The maximum Gasteiger partial charge on any atom is 0.234 e. The Balaban J connectivity index is 1.59. The van der Waals surface area contributed by atoms with E-state index in [1.807, 2.05) is 19.1 Å². The molecular formula is C20H32N2O3. The number of ether oxygens (including phenoxy) is 1. The normalized spacial score (nSPS) is 17.5. The number of aliphatic hydroxyl groups is 1. The van der Waals surface area contributed by atoms with Crippen molar-refractivity contribution in [2.75, 3.05) is 32.8 Å². The van der Waals surface area contributed by atoms with Gasteiger partial charge in [-0.1, -0.05) is 26.0 Å². The fraction of sp³-hybridized carbons (Fsp3) is 0.650. The second kappa shape index (κ2) is 9.78. The van der Waals surface area contributed by atoms with Crippen molar-refractivity contribution in [2.45, 2.75) is 45.6 Å². The summed E-state index contributed by atoms with van der Waals surface area (Å²) >= 11 is 0. The monoisotopic (exact) mass is 348 g/mol. The quantitative estimate of drug-likeness (QED) is 0.708. The highest BCUT2D eigenvalue weighted by Gasteiger charge is 2.23. The Morgan fingerprint density at radius 3 is 2.44 bits per heavy atom. The number of nitrogens with one attached hydrogen (secondary N) is 1. The van der Waals surface area contributed by atoms with Crippen LogP contribution in [0.4, 0.5) is 0 Å². The minimum atomic E-state index is -0.247. The SMILES string of the molecule is CC(C)c1ccc(OCCNC(=O)CN2CCC(C(C)O)CC2)cc1. The summed E-state index contributed by atoms with van der Waals surface area (Å²) in [6.07, 6.45) is 1.67. The first-order chi connectivity index (χ1) is 12.0. The molecule has 0 aromatic heterocycles. The molecule has 5 heteroatoms. The Bertz CT molecular complexity index is 520. The molecule has 2 rings (SSSR count). The van der Waals surface area contributed by atoms with E-state index in [0.717, 1.165) is 31.7 Å².